The lowest BCUT2D eigenvalue weighted by atomic mass is 9.90. The summed E-state index contributed by atoms with van der Waals surface area (Å²) in [5.41, 5.74) is 6.20. The van der Waals surface area contributed by atoms with E-state index in [1.807, 2.05) is 6.92 Å². The van der Waals surface area contributed by atoms with Gasteiger partial charge in [-0.15, -0.1) is 11.3 Å². The van der Waals surface area contributed by atoms with Gasteiger partial charge in [0.25, 0.3) is 0 Å². The molecule has 1 aliphatic rings. The van der Waals surface area contributed by atoms with E-state index in [2.05, 4.69) is 10.3 Å². The van der Waals surface area contributed by atoms with Crippen molar-refractivity contribution < 1.29 is 9.59 Å². The van der Waals surface area contributed by atoms with Crippen molar-refractivity contribution in [1.29, 1.82) is 0 Å². The van der Waals surface area contributed by atoms with Gasteiger partial charge in [0.1, 0.15) is 6.04 Å². The number of amides is 3. The van der Waals surface area contributed by atoms with Gasteiger partial charge in [0.15, 0.2) is 0 Å². The molecule has 0 unspecified atom stereocenters. The molecule has 21 heavy (non-hydrogen) atoms. The minimum atomic E-state index is -0.681. The summed E-state index contributed by atoms with van der Waals surface area (Å²) in [6.07, 6.45) is 3.27. The Hall–Kier alpha value is -1.63. The number of likely N-dealkylation sites (N-methyl/N-ethyl adjacent to an activating group) is 1. The molecular weight excluding hydrogens is 288 g/mol. The second-order valence-electron chi connectivity index (χ2n) is 5.58. The molecule has 1 aliphatic carbocycles. The standard InChI is InChI=1S/C14H22N4O2S/c1-8(16-14(15)20)13(19)18(3)7-10-5-4-6-11-12(10)17-9(2)21-11/h8,10H,4-7H2,1-3H3,(H3,15,16,20)/t8-,10-/m0/s1. The molecule has 0 saturated carbocycles. The SMILES string of the molecule is Cc1nc2c(s1)CCC[C@H]2CN(C)C(=O)[C@H](C)NC(N)=O. The number of aryl methyl sites for hydroxylation is 2. The molecule has 0 fully saturated rings. The van der Waals surface area contributed by atoms with Crippen LogP contribution < -0.4 is 11.1 Å². The lowest BCUT2D eigenvalue weighted by Gasteiger charge is -2.28. The summed E-state index contributed by atoms with van der Waals surface area (Å²) in [5, 5.41) is 3.51. The Morgan fingerprint density at radius 1 is 1.57 bits per heavy atom. The Bertz CT molecular complexity index is 543. The quantitative estimate of drug-likeness (QED) is 0.880. The highest BCUT2D eigenvalue weighted by Gasteiger charge is 2.27. The van der Waals surface area contributed by atoms with Gasteiger partial charge in [0.05, 0.1) is 10.7 Å². The van der Waals surface area contributed by atoms with E-state index in [9.17, 15) is 9.59 Å². The van der Waals surface area contributed by atoms with E-state index in [0.717, 1.165) is 30.0 Å². The van der Waals surface area contributed by atoms with Crippen LogP contribution in [0.3, 0.4) is 0 Å². The lowest BCUT2D eigenvalue weighted by Crippen LogP contribution is -2.48. The van der Waals surface area contributed by atoms with Gasteiger partial charge >= 0.3 is 6.03 Å². The van der Waals surface area contributed by atoms with Gasteiger partial charge in [-0.25, -0.2) is 9.78 Å². The monoisotopic (exact) mass is 310 g/mol. The number of fused-ring (bicyclic) bond motifs is 1. The number of thiazole rings is 1. The van der Waals surface area contributed by atoms with Gasteiger partial charge in [-0.05, 0) is 33.1 Å². The minimum Gasteiger partial charge on any atom is -0.352 e. The van der Waals surface area contributed by atoms with Crippen LogP contribution in [0, 0.1) is 6.92 Å². The first-order valence-electron chi connectivity index (χ1n) is 7.15. The topological polar surface area (TPSA) is 88.3 Å². The maximum absolute atomic E-state index is 12.2. The van der Waals surface area contributed by atoms with Crippen molar-refractivity contribution in [2.24, 2.45) is 5.73 Å². The van der Waals surface area contributed by atoms with Gasteiger partial charge in [0, 0.05) is 24.4 Å². The first-order chi connectivity index (χ1) is 9.88. The first-order valence-corrected chi connectivity index (χ1v) is 7.97. The van der Waals surface area contributed by atoms with E-state index >= 15 is 0 Å². The Morgan fingerprint density at radius 2 is 2.29 bits per heavy atom. The third-order valence-corrected chi connectivity index (χ3v) is 4.82. The van der Waals surface area contributed by atoms with Crippen LogP contribution >= 0.6 is 11.3 Å². The normalized spacial score (nSPS) is 18.7. The summed E-state index contributed by atoms with van der Waals surface area (Å²) in [5.74, 6) is 0.154. The van der Waals surface area contributed by atoms with Gasteiger partial charge in [-0.3, -0.25) is 4.79 Å². The van der Waals surface area contributed by atoms with Gasteiger partial charge in [0.2, 0.25) is 5.91 Å². The Labute approximate surface area is 128 Å². The first kappa shape index (κ1) is 15.8. The molecule has 1 aromatic rings. The highest BCUT2D eigenvalue weighted by Crippen LogP contribution is 2.34. The van der Waals surface area contributed by atoms with Crippen molar-refractivity contribution in [2.45, 2.75) is 45.1 Å². The average Bonchev–Trinajstić information content (AvgIpc) is 2.78. The van der Waals surface area contributed by atoms with Crippen LogP contribution in [-0.2, 0) is 11.2 Å². The number of nitrogens with two attached hydrogens (primary N) is 1. The Kier molecular flexibility index (Phi) is 4.82. The molecule has 1 aromatic heterocycles. The number of nitrogens with zero attached hydrogens (tertiary/aromatic N) is 2. The Balaban J connectivity index is 2.01. The number of urea groups is 1. The largest absolute Gasteiger partial charge is 0.352 e. The molecule has 0 aliphatic heterocycles. The van der Waals surface area contributed by atoms with Crippen LogP contribution in [0.5, 0.6) is 0 Å². The van der Waals surface area contributed by atoms with E-state index in [4.69, 9.17) is 5.73 Å². The van der Waals surface area contributed by atoms with Crippen LogP contribution in [0.4, 0.5) is 4.79 Å². The third kappa shape index (κ3) is 3.72. The van der Waals surface area contributed by atoms with Crippen LogP contribution in [0.2, 0.25) is 0 Å². The van der Waals surface area contributed by atoms with Gasteiger partial charge < -0.3 is 16.0 Å². The van der Waals surface area contributed by atoms with Gasteiger partial charge in [-0.1, -0.05) is 0 Å². The van der Waals surface area contributed by atoms with Crippen molar-refractivity contribution in [1.82, 2.24) is 15.2 Å². The number of hydrogen-bond acceptors (Lipinski definition) is 4. The smallest absolute Gasteiger partial charge is 0.312 e. The van der Waals surface area contributed by atoms with Crippen molar-refractivity contribution in [3.05, 3.63) is 15.6 Å². The number of hydrogen-bond donors (Lipinski definition) is 2. The molecule has 2 rings (SSSR count). The fourth-order valence-corrected chi connectivity index (χ4v) is 3.90. The second kappa shape index (κ2) is 6.43. The summed E-state index contributed by atoms with van der Waals surface area (Å²) in [6, 6.07) is -1.29. The molecule has 3 amide bonds. The predicted octanol–water partition coefficient (Wildman–Crippen LogP) is 1.39. The molecule has 0 aromatic carbocycles. The molecular formula is C14H22N4O2S. The summed E-state index contributed by atoms with van der Waals surface area (Å²) < 4.78 is 0. The van der Waals surface area contributed by atoms with E-state index < -0.39 is 12.1 Å². The zero-order valence-corrected chi connectivity index (χ0v) is 13.5. The molecule has 2 atom stereocenters. The van der Waals surface area contributed by atoms with Crippen LogP contribution in [0.15, 0.2) is 0 Å². The fraction of sp³-hybridized carbons (Fsp3) is 0.643. The number of primary amides is 1. The highest BCUT2D eigenvalue weighted by molar-refractivity contribution is 7.11. The number of nitrogens with one attached hydrogen (secondary N) is 1. The van der Waals surface area contributed by atoms with Gasteiger partial charge in [-0.2, -0.15) is 0 Å². The summed E-state index contributed by atoms with van der Waals surface area (Å²) in [7, 11) is 1.76. The molecule has 3 N–H and O–H groups in total. The third-order valence-electron chi connectivity index (χ3n) is 3.78. The maximum Gasteiger partial charge on any atom is 0.312 e. The molecule has 7 heteroatoms. The number of carbonyl (C=O) groups excluding carboxylic acids is 2. The number of carbonyl (C=O) groups is 2. The van der Waals surface area contributed by atoms with Crippen molar-refractivity contribution in [3.8, 4) is 0 Å². The van der Waals surface area contributed by atoms with Crippen molar-refractivity contribution in [2.75, 3.05) is 13.6 Å². The lowest BCUT2D eigenvalue weighted by molar-refractivity contribution is -0.131. The maximum atomic E-state index is 12.2. The molecule has 1 heterocycles. The molecule has 0 spiro atoms. The molecule has 6 nitrogen and oxygen atoms in total. The fourth-order valence-electron chi connectivity index (χ4n) is 2.83. The minimum absolute atomic E-state index is 0.132. The summed E-state index contributed by atoms with van der Waals surface area (Å²) in [4.78, 5) is 30.7. The predicted molar refractivity (Wildman–Crippen MR) is 82.3 cm³/mol. The molecule has 0 bridgehead atoms. The van der Waals surface area contributed by atoms with Crippen molar-refractivity contribution >= 4 is 23.3 Å². The average molecular weight is 310 g/mol. The summed E-state index contributed by atoms with van der Waals surface area (Å²) in [6.45, 7) is 4.29. The van der Waals surface area contributed by atoms with Crippen molar-refractivity contribution in [3.63, 3.8) is 0 Å². The van der Waals surface area contributed by atoms with E-state index in [0.29, 0.717) is 6.54 Å². The van der Waals surface area contributed by atoms with E-state index in [1.165, 1.54) is 4.88 Å². The Morgan fingerprint density at radius 3 is 2.95 bits per heavy atom. The zero-order valence-electron chi connectivity index (χ0n) is 12.7. The van der Waals surface area contributed by atoms with E-state index in [-0.39, 0.29) is 11.8 Å². The van der Waals surface area contributed by atoms with Crippen LogP contribution in [0.1, 0.15) is 41.3 Å². The highest BCUT2D eigenvalue weighted by atomic mass is 32.1. The van der Waals surface area contributed by atoms with Crippen LogP contribution in [-0.4, -0.2) is 41.5 Å². The zero-order chi connectivity index (χ0) is 15.6. The molecule has 0 saturated heterocycles. The molecule has 0 radical (unpaired) electrons. The number of aromatic nitrogens is 1. The molecule has 116 valence electrons. The van der Waals surface area contributed by atoms with Crippen LogP contribution in [0.25, 0.3) is 0 Å². The number of rotatable bonds is 4. The van der Waals surface area contributed by atoms with E-state index in [1.54, 1.807) is 30.2 Å². The second-order valence-corrected chi connectivity index (χ2v) is 6.87. The summed E-state index contributed by atoms with van der Waals surface area (Å²) >= 11 is 1.76.